The highest BCUT2D eigenvalue weighted by Crippen LogP contribution is 2.61. The molecule has 4 aromatic rings. The van der Waals surface area contributed by atoms with Crippen molar-refractivity contribution in [3.05, 3.63) is 91.5 Å². The maximum absolute atomic E-state index is 12.6. The van der Waals surface area contributed by atoms with Crippen molar-refractivity contribution in [2.24, 2.45) is 10.8 Å². The van der Waals surface area contributed by atoms with Crippen LogP contribution in [0.25, 0.3) is 22.5 Å². The van der Waals surface area contributed by atoms with Gasteiger partial charge in [0.1, 0.15) is 11.1 Å². The van der Waals surface area contributed by atoms with E-state index in [0.29, 0.717) is 24.7 Å². The van der Waals surface area contributed by atoms with Gasteiger partial charge >= 0.3 is 11.9 Å². The molecule has 4 heterocycles. The number of methoxy groups -OCH3 is 2. The normalized spacial score (nSPS) is 20.5. The van der Waals surface area contributed by atoms with E-state index < -0.39 is 22.8 Å². The fourth-order valence-corrected chi connectivity index (χ4v) is 11.2. The monoisotopic (exact) mass is 886 g/mol. The molecule has 332 valence electrons. The van der Waals surface area contributed by atoms with Crippen molar-refractivity contribution in [1.82, 2.24) is 9.13 Å². The van der Waals surface area contributed by atoms with Crippen molar-refractivity contribution >= 4 is 35.5 Å². The summed E-state index contributed by atoms with van der Waals surface area (Å²) >= 11 is 3.59. The van der Waals surface area contributed by atoms with Crippen molar-refractivity contribution in [1.29, 1.82) is 0 Å². The third-order valence-corrected chi connectivity index (χ3v) is 14.7. The Morgan fingerprint density at radius 2 is 1.03 bits per heavy atom. The van der Waals surface area contributed by atoms with Crippen LogP contribution in [0.5, 0.6) is 23.0 Å². The van der Waals surface area contributed by atoms with Gasteiger partial charge in [-0.2, -0.15) is 23.5 Å². The molecule has 0 saturated heterocycles. The molecule has 62 heavy (non-hydrogen) atoms. The van der Waals surface area contributed by atoms with Crippen molar-refractivity contribution in [3.8, 4) is 45.5 Å². The van der Waals surface area contributed by atoms with Crippen molar-refractivity contribution in [2.75, 3.05) is 51.5 Å². The van der Waals surface area contributed by atoms with Gasteiger partial charge in [-0.15, -0.1) is 0 Å². The van der Waals surface area contributed by atoms with Crippen LogP contribution in [0.15, 0.2) is 58.4 Å². The first kappa shape index (κ1) is 45.2. The van der Waals surface area contributed by atoms with Crippen LogP contribution in [0.1, 0.15) is 122 Å². The largest absolute Gasteiger partial charge is 0.493 e. The molecule has 12 nitrogen and oxygen atoms in total. The average Bonchev–Trinajstić information content (AvgIpc) is 3.74. The molecule has 2 aliphatic carbocycles. The molecule has 0 amide bonds. The van der Waals surface area contributed by atoms with Gasteiger partial charge in [0.25, 0.3) is 0 Å². The van der Waals surface area contributed by atoms with Gasteiger partial charge in [-0.25, -0.2) is 9.59 Å². The first-order valence-electron chi connectivity index (χ1n) is 21.2. The Morgan fingerprint density at radius 3 is 1.37 bits per heavy atom. The van der Waals surface area contributed by atoms with E-state index in [9.17, 15) is 29.4 Å². The van der Waals surface area contributed by atoms with Crippen LogP contribution in [0, 0.1) is 10.8 Å². The van der Waals surface area contributed by atoms with Gasteiger partial charge in [0.05, 0.1) is 38.8 Å². The minimum absolute atomic E-state index is 0.0265. The zero-order valence-electron chi connectivity index (χ0n) is 36.9. The van der Waals surface area contributed by atoms with E-state index in [1.165, 1.54) is 24.5 Å². The van der Waals surface area contributed by atoms with Gasteiger partial charge in [-0.05, 0) is 109 Å². The molecule has 0 radical (unpaired) electrons. The minimum Gasteiger partial charge on any atom is -0.493 e. The Bertz CT molecular complexity index is 2320. The number of pyridine rings is 2. The number of hydrogen-bond donors (Lipinski definition) is 2. The number of fused-ring (bicyclic) bond motifs is 12. The fourth-order valence-electron chi connectivity index (χ4n) is 10.4. The average molecular weight is 887 g/mol. The summed E-state index contributed by atoms with van der Waals surface area (Å²) in [5.41, 5.74) is 4.25. The van der Waals surface area contributed by atoms with Crippen LogP contribution < -0.4 is 29.8 Å². The fraction of sp³-hybridized carbons (Fsp3) is 0.500. The van der Waals surface area contributed by atoms with Crippen LogP contribution >= 0.6 is 23.5 Å². The molecule has 4 aliphatic rings. The Hall–Kier alpha value is -4.82. The van der Waals surface area contributed by atoms with Crippen molar-refractivity contribution < 1.29 is 38.7 Å². The zero-order valence-corrected chi connectivity index (χ0v) is 38.5. The molecule has 0 spiro atoms. The number of carboxylic acid groups (broad SMARTS) is 2. The maximum atomic E-state index is 12.6. The van der Waals surface area contributed by atoms with Gasteiger partial charge in [-0.1, -0.05) is 27.7 Å². The lowest BCUT2D eigenvalue weighted by Crippen LogP contribution is -2.32. The van der Waals surface area contributed by atoms with E-state index in [2.05, 4.69) is 52.3 Å². The second-order valence-electron chi connectivity index (χ2n) is 18.0. The second kappa shape index (κ2) is 18.1. The molecule has 8 rings (SSSR count). The first-order chi connectivity index (χ1) is 29.6. The number of hydrogen-bond acceptors (Lipinski definition) is 10. The van der Waals surface area contributed by atoms with Crippen molar-refractivity contribution in [3.63, 3.8) is 0 Å². The molecule has 0 bridgehead atoms. The summed E-state index contributed by atoms with van der Waals surface area (Å²) in [5, 5.41) is 19.0. The highest BCUT2D eigenvalue weighted by atomic mass is 32.2. The predicted octanol–water partition coefficient (Wildman–Crippen LogP) is 9.62. The molecule has 2 fully saturated rings. The third-order valence-electron chi connectivity index (χ3n) is 13.3. The molecule has 4 atom stereocenters. The lowest BCUT2D eigenvalue weighted by atomic mass is 9.77. The smallest absolute Gasteiger partial charge is 0.341 e. The predicted molar refractivity (Wildman–Crippen MR) is 246 cm³/mol. The van der Waals surface area contributed by atoms with E-state index >= 15 is 0 Å². The molecular weight excluding hydrogens is 829 g/mol. The molecule has 14 heteroatoms. The number of benzene rings is 2. The number of ether oxygens (including phenoxy) is 4. The number of thioether (sulfide) groups is 2. The van der Waals surface area contributed by atoms with Gasteiger partial charge in [0.2, 0.25) is 0 Å². The van der Waals surface area contributed by atoms with Crippen LogP contribution in [-0.2, 0) is 0 Å². The Kier molecular flexibility index (Phi) is 13.2. The molecule has 2 aromatic heterocycles. The van der Waals surface area contributed by atoms with Gasteiger partial charge < -0.3 is 38.3 Å². The summed E-state index contributed by atoms with van der Waals surface area (Å²) in [5.74, 6) is 2.84. The third kappa shape index (κ3) is 8.36. The zero-order chi connectivity index (χ0) is 44.7. The molecule has 0 unspecified atom stereocenters. The summed E-state index contributed by atoms with van der Waals surface area (Å²) in [4.78, 5) is 48.4. The molecule has 2 aliphatic heterocycles. The number of carboxylic acids is 2. The second-order valence-corrected chi connectivity index (χ2v) is 20.0. The number of rotatable bonds is 14. The summed E-state index contributed by atoms with van der Waals surface area (Å²) in [7, 11) is 3.23. The summed E-state index contributed by atoms with van der Waals surface area (Å²) in [6.45, 7) is 10.1. The molecule has 2 aromatic carbocycles. The SMILES string of the molecule is COc1cc2c(cc1OCCCSC)[C@@H]1CCC(C)(C)[C@@H]1n1cc(C(=O)O)c(=O)cc1-2.COc1cc2c(cc1OCCCSC)[C@H]1CCC(C)(C)[C@H]1n1cc(C(=O)O)c(=O)cc1-2. The molecule has 2 saturated carbocycles. The van der Waals surface area contributed by atoms with Gasteiger partial charge in [-0.3, -0.25) is 9.59 Å². The quantitative estimate of drug-likeness (QED) is 0.116. The van der Waals surface area contributed by atoms with Crippen LogP contribution in [0.4, 0.5) is 0 Å². The van der Waals surface area contributed by atoms with E-state index in [0.717, 1.165) is 95.2 Å². The highest BCUT2D eigenvalue weighted by molar-refractivity contribution is 7.98. The first-order valence-corrected chi connectivity index (χ1v) is 24.0. The maximum Gasteiger partial charge on any atom is 0.341 e. The van der Waals surface area contributed by atoms with Gasteiger partial charge in [0.15, 0.2) is 33.9 Å². The van der Waals surface area contributed by atoms with Crippen molar-refractivity contribution in [2.45, 2.75) is 90.1 Å². The van der Waals surface area contributed by atoms with Gasteiger partial charge in [0, 0.05) is 59.6 Å². The van der Waals surface area contributed by atoms with E-state index in [1.807, 2.05) is 21.3 Å². The summed E-state index contributed by atoms with van der Waals surface area (Å²) < 4.78 is 27.4. The number of carbonyl (C=O) groups is 2. The lowest BCUT2D eigenvalue weighted by Gasteiger charge is -2.40. The number of aromatic carboxylic acids is 2. The highest BCUT2D eigenvalue weighted by Gasteiger charge is 2.49. The van der Waals surface area contributed by atoms with Crippen LogP contribution in [-0.4, -0.2) is 82.7 Å². The van der Waals surface area contributed by atoms with E-state index in [1.54, 1.807) is 37.7 Å². The lowest BCUT2D eigenvalue weighted by molar-refractivity contribution is 0.0683. The van der Waals surface area contributed by atoms with E-state index in [4.69, 9.17) is 18.9 Å². The minimum atomic E-state index is -1.19. The molecular formula is C48H58N2O10S2. The Morgan fingerprint density at radius 1 is 0.645 bits per heavy atom. The standard InChI is InChI=1S/2C24H29NO5S/c2*1-24(2)7-6-14-15-10-21(30-8-5-9-31-4)20(29-3)11-16(15)18-12-19(26)17(23(27)28)13-25(18)22(14)24/h2*10-14,22H,5-9H2,1-4H3,(H,27,28)/t2*14-,22+/m10/s1. The Labute approximate surface area is 371 Å². The van der Waals surface area contributed by atoms with Crippen LogP contribution in [0.2, 0.25) is 0 Å². The number of aromatic nitrogens is 2. The van der Waals surface area contributed by atoms with Crippen LogP contribution in [0.3, 0.4) is 0 Å². The van der Waals surface area contributed by atoms with E-state index in [-0.39, 0.29) is 45.9 Å². The topological polar surface area (TPSA) is 156 Å². The summed E-state index contributed by atoms with van der Waals surface area (Å²) in [6, 6.07) is 11.1. The Balaban J connectivity index is 0.000000186. The number of nitrogens with zero attached hydrogens (tertiary/aromatic N) is 2. The summed E-state index contributed by atoms with van der Waals surface area (Å²) in [6.07, 6.45) is 13.2. The molecule has 2 N–H and O–H groups in total.